The molecule has 0 aliphatic carbocycles. The number of aliphatic hydroxyl groups excluding tert-OH is 1. The predicted molar refractivity (Wildman–Crippen MR) is 412 cm³/mol. The van der Waals surface area contributed by atoms with Crippen molar-refractivity contribution in [3.63, 3.8) is 0 Å². The van der Waals surface area contributed by atoms with Crippen molar-refractivity contribution in [1.29, 1.82) is 0 Å². The quantitative estimate of drug-likeness (QED) is 0.0142. The van der Waals surface area contributed by atoms with Gasteiger partial charge in [-0.1, -0.05) is 152 Å². The van der Waals surface area contributed by atoms with Gasteiger partial charge >= 0.3 is 12.1 Å². The molecular formula is C77H119N11O12S3. The van der Waals surface area contributed by atoms with Gasteiger partial charge in [-0.15, -0.1) is 0 Å². The van der Waals surface area contributed by atoms with Crippen LogP contribution in [-0.4, -0.2) is 168 Å². The highest BCUT2D eigenvalue weighted by molar-refractivity contribution is 8.76. The van der Waals surface area contributed by atoms with Gasteiger partial charge < -0.3 is 68.3 Å². The zero-order valence-electron chi connectivity index (χ0n) is 61.6. The Balaban J connectivity index is 0.857. The van der Waals surface area contributed by atoms with E-state index in [0.717, 1.165) is 105 Å². The minimum Gasteiger partial charge on any atom is -0.444 e. The highest BCUT2D eigenvalue weighted by atomic mass is 33.1. The van der Waals surface area contributed by atoms with Gasteiger partial charge in [-0.25, -0.2) is 9.59 Å². The van der Waals surface area contributed by atoms with Crippen LogP contribution in [0.3, 0.4) is 0 Å². The smallest absolute Gasteiger partial charge is 0.407 e. The van der Waals surface area contributed by atoms with Crippen molar-refractivity contribution in [3.8, 4) is 0 Å². The number of unbranched alkanes of at least 4 members (excludes halogenated alkanes) is 9. The second-order valence-electron chi connectivity index (χ2n) is 28.4. The van der Waals surface area contributed by atoms with Gasteiger partial charge in [-0.05, 0) is 140 Å². The zero-order chi connectivity index (χ0) is 74.5. The topological polar surface area (TPSA) is 332 Å². The fourth-order valence-electron chi connectivity index (χ4n) is 12.2. The molecule has 2 aliphatic rings. The van der Waals surface area contributed by atoms with E-state index < -0.39 is 53.7 Å². The number of aliphatic hydroxyl groups is 1. The average molecular weight is 1490 g/mol. The number of hydrogen-bond acceptors (Lipinski definition) is 15. The van der Waals surface area contributed by atoms with E-state index in [-0.39, 0.29) is 91.6 Å². The number of rotatable bonds is 53. The summed E-state index contributed by atoms with van der Waals surface area (Å²) in [5.41, 5.74) is 1.77. The maximum Gasteiger partial charge on any atom is 0.407 e. The number of alkyl carbamates (subject to hydrolysis) is 1. The summed E-state index contributed by atoms with van der Waals surface area (Å²) < 4.78 is 5.57. The van der Waals surface area contributed by atoms with Crippen LogP contribution in [0.2, 0.25) is 0 Å². The van der Waals surface area contributed by atoms with Crippen molar-refractivity contribution in [2.24, 2.45) is 11.8 Å². The summed E-state index contributed by atoms with van der Waals surface area (Å²) in [7, 11) is 3.27. The Morgan fingerprint density at radius 2 is 0.942 bits per heavy atom. The fraction of sp³-hybridized carbons (Fsp3) is 0.636. The van der Waals surface area contributed by atoms with Gasteiger partial charge in [-0.3, -0.25) is 38.4 Å². The molecule has 2 saturated heterocycles. The molecule has 26 heteroatoms. The van der Waals surface area contributed by atoms with Crippen molar-refractivity contribution in [3.05, 3.63) is 108 Å². The third kappa shape index (κ3) is 39.1. The van der Waals surface area contributed by atoms with Crippen LogP contribution in [0, 0.1) is 11.8 Å². The monoisotopic (exact) mass is 1490 g/mol. The molecule has 0 aromatic heterocycles. The molecule has 11 amide bonds. The Morgan fingerprint density at radius 1 is 0.495 bits per heavy atom. The van der Waals surface area contributed by atoms with Crippen molar-refractivity contribution in [2.45, 2.75) is 242 Å². The molecule has 0 bridgehead atoms. The van der Waals surface area contributed by atoms with Crippen LogP contribution in [0.1, 0.15) is 193 Å². The molecule has 103 heavy (non-hydrogen) atoms. The van der Waals surface area contributed by atoms with Crippen LogP contribution in [0.5, 0.6) is 0 Å². The molecule has 0 saturated carbocycles. The van der Waals surface area contributed by atoms with Gasteiger partial charge in [0.15, 0.2) is 0 Å². The summed E-state index contributed by atoms with van der Waals surface area (Å²) in [6, 6.07) is 25.8. The first-order chi connectivity index (χ1) is 49.6. The SMILES string of the molecule is CC(C)C[C@H](NC(=O)[C@H](Cc1ccccc1)C[C@@H](O)[C@H](Cc1ccccc1)NC(=O)OC(C)(C)C)C(=O)N[C@@H](Cc1ccccc1)C(=O)NCCCCCNC(=O)CCCCCNC(=O)CCCCCNC(=O)CCCCCNC(=O)CCSSCCNC(=O)CCCC[C@@H]1SC[C@@H]2NC(=O)N[C@@H]21. The number of benzene rings is 3. The highest BCUT2D eigenvalue weighted by Gasteiger charge is 2.42. The summed E-state index contributed by atoms with van der Waals surface area (Å²) in [5, 5.41) is 45.0. The van der Waals surface area contributed by atoms with Gasteiger partial charge in [0, 0.05) is 106 Å². The first-order valence-corrected chi connectivity index (χ1v) is 41.1. The maximum atomic E-state index is 14.6. The van der Waals surface area contributed by atoms with Crippen LogP contribution < -0.4 is 58.5 Å². The zero-order valence-corrected chi connectivity index (χ0v) is 64.0. The summed E-state index contributed by atoms with van der Waals surface area (Å²) in [6.45, 7) is 12.3. The third-order valence-corrected chi connectivity index (χ3v) is 21.6. The summed E-state index contributed by atoms with van der Waals surface area (Å²) in [5.74, 6) is 0.281. The Kier molecular flexibility index (Phi) is 42.4. The Labute approximate surface area is 623 Å². The Bertz CT molecular complexity index is 3010. The lowest BCUT2D eigenvalue weighted by Gasteiger charge is -2.30. The van der Waals surface area contributed by atoms with Crippen LogP contribution in [0.25, 0.3) is 0 Å². The summed E-state index contributed by atoms with van der Waals surface area (Å²) >= 11 is 1.89. The highest BCUT2D eigenvalue weighted by Crippen LogP contribution is 2.33. The van der Waals surface area contributed by atoms with Crippen LogP contribution in [-0.2, 0) is 62.4 Å². The fourth-order valence-corrected chi connectivity index (χ4v) is 15.6. The van der Waals surface area contributed by atoms with E-state index in [1.807, 2.05) is 117 Å². The molecular weight excluding hydrogens is 1370 g/mol. The molecule has 5 rings (SSSR count). The first kappa shape index (κ1) is 86.6. The molecule has 2 fully saturated rings. The lowest BCUT2D eigenvalue weighted by atomic mass is 9.88. The largest absolute Gasteiger partial charge is 0.444 e. The number of hydrogen-bond donors (Lipinski definition) is 12. The molecule has 3 aromatic rings. The van der Waals surface area contributed by atoms with Crippen LogP contribution >= 0.6 is 33.3 Å². The Morgan fingerprint density at radius 3 is 1.46 bits per heavy atom. The number of urea groups is 1. The molecule has 2 heterocycles. The number of nitrogens with one attached hydrogen (secondary N) is 11. The number of ether oxygens (including phenoxy) is 1. The molecule has 0 unspecified atom stereocenters. The Hall–Kier alpha value is -7.03. The maximum absolute atomic E-state index is 14.6. The van der Waals surface area contributed by atoms with Gasteiger partial charge in [-0.2, -0.15) is 11.8 Å². The molecule has 0 spiro atoms. The predicted octanol–water partition coefficient (Wildman–Crippen LogP) is 9.04. The van der Waals surface area contributed by atoms with Crippen molar-refractivity contribution in [2.75, 3.05) is 56.5 Å². The number of carbonyl (C=O) groups excluding carboxylic acids is 10. The molecule has 8 atom stereocenters. The molecule has 2 aliphatic heterocycles. The van der Waals surface area contributed by atoms with E-state index in [2.05, 4.69) is 58.5 Å². The lowest BCUT2D eigenvalue weighted by Crippen LogP contribution is -2.56. The first-order valence-electron chi connectivity index (χ1n) is 37.5. The number of fused-ring (bicyclic) bond motifs is 1. The lowest BCUT2D eigenvalue weighted by molar-refractivity contribution is -0.134. The molecule has 3 aromatic carbocycles. The van der Waals surface area contributed by atoms with E-state index in [9.17, 15) is 53.1 Å². The van der Waals surface area contributed by atoms with Gasteiger partial charge in [0.25, 0.3) is 0 Å². The molecule has 0 radical (unpaired) electrons. The summed E-state index contributed by atoms with van der Waals surface area (Å²) in [6.07, 6.45) is 13.2. The standard InChI is InChI=1S/C77H119N11O12S3/c1-55(2)49-61(84-72(95)59(50-56-29-13-6-14-30-56)53-64(89)60(51-57-31-15-7-16-32-57)87-76(99)100-77(3,4)5)74(97)85-62(52-58-33-17-8-18-34-58)73(96)83-45-28-12-27-44-80-68(92)38-20-10-25-42-78-66(90)36-19-9-24-41-79-67(91)37-21-11-26-43-81-70(94)40-47-102-103-48-46-82-69(93)39-23-22-35-65-71-63(54-101-65)86-75(98)88-71/h6-8,13-18,29-34,55,59-65,71,89H,9-12,19-28,35-54H2,1-5H3,(H,78,90)(H,79,91)(H,80,92)(H,81,94)(H,82,93)(H,83,96)(H,84,95)(H,85,97)(H,87,99)(H2,86,88,98)/t59-,60+,61+,62+,63+,64-,65+,71+/m1/s1. The minimum atomic E-state index is -1.19. The second kappa shape index (κ2) is 50.4. The summed E-state index contributed by atoms with van der Waals surface area (Å²) in [4.78, 5) is 129. The normalized spacial score (nSPS) is 16.1. The minimum absolute atomic E-state index is 0.00497. The van der Waals surface area contributed by atoms with Crippen molar-refractivity contribution >= 4 is 92.7 Å². The van der Waals surface area contributed by atoms with E-state index in [1.165, 1.54) is 0 Å². The number of amides is 11. The van der Waals surface area contributed by atoms with Gasteiger partial charge in [0.1, 0.15) is 17.7 Å². The third-order valence-electron chi connectivity index (χ3n) is 17.7. The number of thioether (sulfide) groups is 1. The van der Waals surface area contributed by atoms with Crippen molar-refractivity contribution in [1.82, 2.24) is 58.5 Å². The van der Waals surface area contributed by atoms with Crippen LogP contribution in [0.4, 0.5) is 9.59 Å². The molecule has 12 N–H and O–H groups in total. The second-order valence-corrected chi connectivity index (χ2v) is 32.3. The van der Waals surface area contributed by atoms with Gasteiger partial charge in [0.2, 0.25) is 47.3 Å². The van der Waals surface area contributed by atoms with Crippen LogP contribution in [0.15, 0.2) is 91.0 Å². The van der Waals surface area contributed by atoms with E-state index >= 15 is 0 Å². The van der Waals surface area contributed by atoms with E-state index in [4.69, 9.17) is 4.74 Å². The molecule has 572 valence electrons. The van der Waals surface area contributed by atoms with E-state index in [0.29, 0.717) is 102 Å². The average Bonchev–Trinajstić information content (AvgIpc) is 1.63. The van der Waals surface area contributed by atoms with Crippen molar-refractivity contribution < 1.29 is 57.8 Å². The van der Waals surface area contributed by atoms with Gasteiger partial charge in [0.05, 0.1) is 24.2 Å². The molecule has 23 nitrogen and oxygen atoms in total. The van der Waals surface area contributed by atoms with E-state index in [1.54, 1.807) is 42.4 Å². The number of carbonyl (C=O) groups is 10.